The van der Waals surface area contributed by atoms with Gasteiger partial charge < -0.3 is 11.1 Å². The molecule has 1 aromatic carbocycles. The van der Waals surface area contributed by atoms with Crippen molar-refractivity contribution in [1.82, 2.24) is 5.32 Å². The van der Waals surface area contributed by atoms with Crippen LogP contribution in [0.5, 0.6) is 0 Å². The van der Waals surface area contributed by atoms with E-state index >= 15 is 0 Å². The molecule has 0 saturated heterocycles. The predicted octanol–water partition coefficient (Wildman–Crippen LogP) is 4.05. The summed E-state index contributed by atoms with van der Waals surface area (Å²) in [6, 6.07) is 5.41. The number of fused-ring (bicyclic) bond motifs is 3. The Bertz CT molecular complexity index is 630. The maximum Gasteiger partial charge on any atom is 0.223 e. The number of hydrogen-bond donors (Lipinski definition) is 2. The van der Waals surface area contributed by atoms with Gasteiger partial charge in [0.25, 0.3) is 0 Å². The largest absolute Gasteiger partial charge is 0.349 e. The van der Waals surface area contributed by atoms with Crippen LogP contribution in [0.25, 0.3) is 0 Å². The zero-order valence-corrected chi connectivity index (χ0v) is 15.9. The Morgan fingerprint density at radius 2 is 1.92 bits per heavy atom. The van der Waals surface area contributed by atoms with E-state index in [-0.39, 0.29) is 42.1 Å². The van der Waals surface area contributed by atoms with Crippen LogP contribution in [0.2, 0.25) is 0 Å². The van der Waals surface area contributed by atoms with Crippen molar-refractivity contribution in [3.05, 3.63) is 29.6 Å². The van der Waals surface area contributed by atoms with E-state index in [9.17, 15) is 9.18 Å². The summed E-state index contributed by atoms with van der Waals surface area (Å²) < 4.78 is 14.0. The lowest BCUT2D eigenvalue weighted by molar-refractivity contribution is -0.128. The second kappa shape index (κ2) is 7.85. The van der Waals surface area contributed by atoms with Gasteiger partial charge in [0.2, 0.25) is 5.91 Å². The molecule has 3 atom stereocenters. The van der Waals surface area contributed by atoms with Crippen molar-refractivity contribution in [2.24, 2.45) is 23.5 Å². The topological polar surface area (TPSA) is 55.1 Å². The van der Waals surface area contributed by atoms with Gasteiger partial charge in [0, 0.05) is 22.6 Å². The molecule has 4 rings (SSSR count). The molecule has 3 N–H and O–H groups in total. The van der Waals surface area contributed by atoms with E-state index in [2.05, 4.69) is 5.32 Å². The summed E-state index contributed by atoms with van der Waals surface area (Å²) in [6.45, 7) is 0. The van der Waals surface area contributed by atoms with E-state index in [1.165, 1.54) is 12.5 Å². The highest BCUT2D eigenvalue weighted by Crippen LogP contribution is 2.43. The zero-order chi connectivity index (χ0) is 16.7. The van der Waals surface area contributed by atoms with E-state index < -0.39 is 0 Å². The third kappa shape index (κ3) is 3.69. The average molecular weight is 385 g/mol. The SMILES string of the molecule is Cl.NC1C2CCCC1CC(C(=O)NC1CCSc3c(F)cccc31)C2. The zero-order valence-electron chi connectivity index (χ0n) is 14.2. The molecule has 2 saturated carbocycles. The molecule has 138 valence electrons. The molecule has 2 aliphatic carbocycles. The number of nitrogens with two attached hydrogens (primary N) is 1. The van der Waals surface area contributed by atoms with Gasteiger partial charge >= 0.3 is 0 Å². The lowest BCUT2D eigenvalue weighted by atomic mass is 9.65. The minimum Gasteiger partial charge on any atom is -0.349 e. The molecule has 2 fully saturated rings. The van der Waals surface area contributed by atoms with Gasteiger partial charge in [-0.15, -0.1) is 24.2 Å². The molecule has 3 unspecified atom stereocenters. The van der Waals surface area contributed by atoms with Crippen LogP contribution < -0.4 is 11.1 Å². The Morgan fingerprint density at radius 1 is 1.20 bits per heavy atom. The second-order valence-electron chi connectivity index (χ2n) is 7.55. The van der Waals surface area contributed by atoms with Crippen LogP contribution in [0.15, 0.2) is 23.1 Å². The first-order valence-corrected chi connectivity index (χ1v) is 10.1. The molecule has 1 aliphatic heterocycles. The Labute approximate surface area is 159 Å². The predicted molar refractivity (Wildman–Crippen MR) is 101 cm³/mol. The van der Waals surface area contributed by atoms with Crippen molar-refractivity contribution in [1.29, 1.82) is 0 Å². The quantitative estimate of drug-likeness (QED) is 0.808. The van der Waals surface area contributed by atoms with Crippen molar-refractivity contribution in [3.8, 4) is 0 Å². The van der Waals surface area contributed by atoms with Crippen molar-refractivity contribution in [2.75, 3.05) is 5.75 Å². The molecule has 3 nitrogen and oxygen atoms in total. The molecule has 3 aliphatic rings. The van der Waals surface area contributed by atoms with Crippen LogP contribution >= 0.6 is 24.2 Å². The number of carbonyl (C=O) groups excluding carboxylic acids is 1. The number of hydrogen-bond acceptors (Lipinski definition) is 3. The van der Waals surface area contributed by atoms with E-state index in [1.807, 2.05) is 6.07 Å². The average Bonchev–Trinajstić information content (AvgIpc) is 2.55. The molecule has 0 radical (unpaired) electrons. The van der Waals surface area contributed by atoms with Gasteiger partial charge in [-0.05, 0) is 55.6 Å². The van der Waals surface area contributed by atoms with E-state index in [0.717, 1.165) is 43.4 Å². The standard InChI is InChI=1S/C19H25FN2OS.ClH/c20-15-6-2-5-14-16(7-8-24-18(14)15)22-19(23)13-9-11-3-1-4-12(10-13)17(11)21;/h2,5-6,11-13,16-17H,1,3-4,7-10,21H2,(H,22,23);1H. The van der Waals surface area contributed by atoms with Crippen LogP contribution in [0.1, 0.15) is 50.1 Å². The van der Waals surface area contributed by atoms with Crippen LogP contribution in [0, 0.1) is 23.6 Å². The Balaban J connectivity index is 0.00000182. The highest BCUT2D eigenvalue weighted by Gasteiger charge is 2.41. The fourth-order valence-electron chi connectivity index (χ4n) is 4.83. The van der Waals surface area contributed by atoms with Crippen LogP contribution in [0.4, 0.5) is 4.39 Å². The summed E-state index contributed by atoms with van der Waals surface area (Å²) in [5.41, 5.74) is 7.27. The number of nitrogens with one attached hydrogen (secondary N) is 1. The molecule has 0 aromatic heterocycles. The third-order valence-corrected chi connectivity index (χ3v) is 7.29. The van der Waals surface area contributed by atoms with Gasteiger partial charge in [-0.1, -0.05) is 18.6 Å². The Morgan fingerprint density at radius 3 is 2.64 bits per heavy atom. The third-order valence-electron chi connectivity index (χ3n) is 6.13. The van der Waals surface area contributed by atoms with Gasteiger partial charge in [-0.2, -0.15) is 0 Å². The molecule has 6 heteroatoms. The van der Waals surface area contributed by atoms with Gasteiger partial charge in [0.05, 0.1) is 6.04 Å². The van der Waals surface area contributed by atoms with Gasteiger partial charge in [-0.3, -0.25) is 4.79 Å². The van der Waals surface area contributed by atoms with Crippen molar-refractivity contribution < 1.29 is 9.18 Å². The van der Waals surface area contributed by atoms with Crippen molar-refractivity contribution >= 4 is 30.1 Å². The summed E-state index contributed by atoms with van der Waals surface area (Å²) >= 11 is 1.55. The summed E-state index contributed by atoms with van der Waals surface area (Å²) in [6.07, 6.45) is 6.28. The van der Waals surface area contributed by atoms with Gasteiger partial charge in [0.1, 0.15) is 5.82 Å². The van der Waals surface area contributed by atoms with Gasteiger partial charge in [-0.25, -0.2) is 4.39 Å². The van der Waals surface area contributed by atoms with E-state index in [4.69, 9.17) is 5.73 Å². The van der Waals surface area contributed by atoms with E-state index in [1.54, 1.807) is 17.8 Å². The number of rotatable bonds is 2. The smallest absolute Gasteiger partial charge is 0.223 e. The van der Waals surface area contributed by atoms with Crippen LogP contribution in [-0.2, 0) is 4.79 Å². The molecule has 1 heterocycles. The lowest BCUT2D eigenvalue weighted by Crippen LogP contribution is -2.49. The summed E-state index contributed by atoms with van der Waals surface area (Å²) in [5.74, 6) is 1.90. The lowest BCUT2D eigenvalue weighted by Gasteiger charge is -2.43. The molecule has 1 amide bonds. The maximum absolute atomic E-state index is 14.0. The van der Waals surface area contributed by atoms with Crippen LogP contribution in [-0.4, -0.2) is 17.7 Å². The van der Waals surface area contributed by atoms with E-state index in [0.29, 0.717) is 16.7 Å². The molecule has 2 bridgehead atoms. The normalized spacial score (nSPS) is 33.8. The first-order valence-electron chi connectivity index (χ1n) is 9.10. The molecular formula is C19H26ClFN2OS. The minimum absolute atomic E-state index is 0. The highest BCUT2D eigenvalue weighted by molar-refractivity contribution is 7.99. The number of halogens is 2. The molecule has 25 heavy (non-hydrogen) atoms. The Kier molecular flexibility index (Phi) is 5.96. The number of benzene rings is 1. The first kappa shape index (κ1) is 19.0. The van der Waals surface area contributed by atoms with Gasteiger partial charge in [0.15, 0.2) is 0 Å². The fourth-order valence-corrected chi connectivity index (χ4v) is 5.97. The minimum atomic E-state index is -0.172. The number of carbonyl (C=O) groups is 1. The summed E-state index contributed by atoms with van der Waals surface area (Å²) in [7, 11) is 0. The summed E-state index contributed by atoms with van der Waals surface area (Å²) in [4.78, 5) is 13.6. The Hall–Kier alpha value is -0.780. The number of amides is 1. The van der Waals surface area contributed by atoms with Crippen molar-refractivity contribution in [2.45, 2.75) is 55.5 Å². The number of thioether (sulfide) groups is 1. The first-order chi connectivity index (χ1) is 11.6. The molecule has 0 spiro atoms. The highest BCUT2D eigenvalue weighted by atomic mass is 35.5. The monoisotopic (exact) mass is 384 g/mol. The second-order valence-corrected chi connectivity index (χ2v) is 8.66. The molecular weight excluding hydrogens is 359 g/mol. The summed E-state index contributed by atoms with van der Waals surface area (Å²) in [5, 5.41) is 3.22. The van der Waals surface area contributed by atoms with Crippen LogP contribution in [0.3, 0.4) is 0 Å². The maximum atomic E-state index is 14.0. The molecule has 1 aromatic rings. The fraction of sp³-hybridized carbons (Fsp3) is 0.632. The van der Waals surface area contributed by atoms with Crippen molar-refractivity contribution in [3.63, 3.8) is 0 Å².